The number of allylic oxidation sites excluding steroid dienone is 1. The number of hydrogen-bond acceptors (Lipinski definition) is 1. The summed E-state index contributed by atoms with van der Waals surface area (Å²) in [5.41, 5.74) is 3.65. The number of rotatable bonds is 0. The van der Waals surface area contributed by atoms with Crippen molar-refractivity contribution >= 4 is 0 Å². The van der Waals surface area contributed by atoms with Gasteiger partial charge in [-0.15, -0.1) is 0 Å². The standard InChI is InChI=1S/C12H23N/c1-9(2)10-7-11(3,4)13-12(5,6)8-10/h13H,7-8H2,1-6H3. The molecule has 1 nitrogen and oxygen atoms in total. The minimum Gasteiger partial charge on any atom is -0.306 e. The highest BCUT2D eigenvalue weighted by Crippen LogP contribution is 2.33. The van der Waals surface area contributed by atoms with E-state index in [1.807, 2.05) is 0 Å². The van der Waals surface area contributed by atoms with Crippen LogP contribution in [0.25, 0.3) is 0 Å². The molecule has 0 atom stereocenters. The Hall–Kier alpha value is -0.300. The molecule has 76 valence electrons. The maximum atomic E-state index is 3.68. The predicted octanol–water partition coefficient (Wildman–Crippen LogP) is 3.26. The summed E-state index contributed by atoms with van der Waals surface area (Å²) < 4.78 is 0. The molecule has 0 aromatic heterocycles. The highest BCUT2D eigenvalue weighted by molar-refractivity contribution is 5.20. The van der Waals surface area contributed by atoms with E-state index in [-0.39, 0.29) is 11.1 Å². The van der Waals surface area contributed by atoms with E-state index in [2.05, 4.69) is 46.9 Å². The van der Waals surface area contributed by atoms with Crippen LogP contribution in [-0.4, -0.2) is 11.1 Å². The molecule has 0 bridgehead atoms. The van der Waals surface area contributed by atoms with Crippen molar-refractivity contribution in [2.24, 2.45) is 0 Å². The summed E-state index contributed by atoms with van der Waals surface area (Å²) in [5.74, 6) is 0. The van der Waals surface area contributed by atoms with Gasteiger partial charge in [-0.2, -0.15) is 0 Å². The van der Waals surface area contributed by atoms with Gasteiger partial charge in [-0.1, -0.05) is 11.1 Å². The Morgan fingerprint density at radius 3 is 1.69 bits per heavy atom. The van der Waals surface area contributed by atoms with Crippen LogP contribution in [0.2, 0.25) is 0 Å². The van der Waals surface area contributed by atoms with Crippen molar-refractivity contribution in [2.45, 2.75) is 65.5 Å². The van der Waals surface area contributed by atoms with Crippen LogP contribution in [0.3, 0.4) is 0 Å². The van der Waals surface area contributed by atoms with E-state index in [1.54, 1.807) is 5.57 Å². The van der Waals surface area contributed by atoms with Gasteiger partial charge in [0.05, 0.1) is 0 Å². The van der Waals surface area contributed by atoms with Crippen molar-refractivity contribution in [3.8, 4) is 0 Å². The zero-order chi connectivity index (χ0) is 10.3. The van der Waals surface area contributed by atoms with Crippen LogP contribution in [0.4, 0.5) is 0 Å². The fourth-order valence-corrected chi connectivity index (χ4v) is 2.49. The molecule has 1 saturated heterocycles. The lowest BCUT2D eigenvalue weighted by Gasteiger charge is -2.44. The van der Waals surface area contributed by atoms with Crippen molar-refractivity contribution in [1.29, 1.82) is 0 Å². The topological polar surface area (TPSA) is 12.0 Å². The lowest BCUT2D eigenvalue weighted by molar-refractivity contribution is 0.222. The van der Waals surface area contributed by atoms with Crippen LogP contribution in [0.5, 0.6) is 0 Å². The van der Waals surface area contributed by atoms with Crippen molar-refractivity contribution in [2.75, 3.05) is 0 Å². The zero-order valence-electron chi connectivity index (χ0n) is 9.91. The van der Waals surface area contributed by atoms with Gasteiger partial charge in [0.1, 0.15) is 0 Å². The van der Waals surface area contributed by atoms with Crippen molar-refractivity contribution in [3.05, 3.63) is 11.1 Å². The number of nitrogens with one attached hydrogen (secondary N) is 1. The van der Waals surface area contributed by atoms with Crippen LogP contribution in [0.1, 0.15) is 54.4 Å². The lowest BCUT2D eigenvalue weighted by atomic mass is 9.78. The molecule has 1 heteroatoms. The van der Waals surface area contributed by atoms with Gasteiger partial charge in [-0.25, -0.2) is 0 Å². The Morgan fingerprint density at radius 1 is 1.00 bits per heavy atom. The minimum absolute atomic E-state index is 0.258. The summed E-state index contributed by atoms with van der Waals surface area (Å²) in [4.78, 5) is 0. The fraction of sp³-hybridized carbons (Fsp3) is 0.833. The van der Waals surface area contributed by atoms with Crippen LogP contribution >= 0.6 is 0 Å². The van der Waals surface area contributed by atoms with E-state index >= 15 is 0 Å². The summed E-state index contributed by atoms with van der Waals surface area (Å²) in [6.45, 7) is 13.6. The quantitative estimate of drug-likeness (QED) is 0.566. The summed E-state index contributed by atoms with van der Waals surface area (Å²) >= 11 is 0. The highest BCUT2D eigenvalue weighted by atomic mass is 15.0. The monoisotopic (exact) mass is 181 g/mol. The zero-order valence-corrected chi connectivity index (χ0v) is 9.91. The average molecular weight is 181 g/mol. The molecule has 1 rings (SSSR count). The first kappa shape index (κ1) is 10.8. The molecule has 1 N–H and O–H groups in total. The first-order valence-electron chi connectivity index (χ1n) is 5.16. The van der Waals surface area contributed by atoms with E-state index in [1.165, 1.54) is 18.4 Å². The normalized spacial score (nSPS) is 25.8. The maximum absolute atomic E-state index is 3.68. The van der Waals surface area contributed by atoms with E-state index in [4.69, 9.17) is 0 Å². The Bertz CT molecular complexity index is 212. The Balaban J connectivity index is 2.91. The van der Waals surface area contributed by atoms with Crippen LogP contribution in [0, 0.1) is 0 Å². The number of piperidine rings is 1. The second-order valence-corrected chi connectivity index (χ2v) is 5.85. The molecule has 1 fully saturated rings. The molecular formula is C12H23N. The Morgan fingerprint density at radius 2 is 1.38 bits per heavy atom. The van der Waals surface area contributed by atoms with Crippen LogP contribution < -0.4 is 5.32 Å². The van der Waals surface area contributed by atoms with Crippen molar-refractivity contribution < 1.29 is 0 Å². The van der Waals surface area contributed by atoms with Crippen molar-refractivity contribution in [3.63, 3.8) is 0 Å². The van der Waals surface area contributed by atoms with Gasteiger partial charge in [-0.3, -0.25) is 0 Å². The van der Waals surface area contributed by atoms with E-state index in [0.717, 1.165) is 0 Å². The molecule has 0 saturated carbocycles. The first-order chi connectivity index (χ1) is 5.72. The molecule has 1 aliphatic rings. The summed E-state index contributed by atoms with van der Waals surface area (Å²) in [6.07, 6.45) is 2.39. The first-order valence-corrected chi connectivity index (χ1v) is 5.16. The second-order valence-electron chi connectivity index (χ2n) is 5.85. The highest BCUT2D eigenvalue weighted by Gasteiger charge is 2.34. The van der Waals surface area contributed by atoms with E-state index < -0.39 is 0 Å². The van der Waals surface area contributed by atoms with Gasteiger partial charge in [-0.05, 0) is 54.4 Å². The third-order valence-electron chi connectivity index (χ3n) is 2.69. The van der Waals surface area contributed by atoms with Gasteiger partial charge in [0.2, 0.25) is 0 Å². The van der Waals surface area contributed by atoms with Crippen LogP contribution in [0.15, 0.2) is 11.1 Å². The van der Waals surface area contributed by atoms with Gasteiger partial charge in [0.15, 0.2) is 0 Å². The van der Waals surface area contributed by atoms with E-state index in [0.29, 0.717) is 0 Å². The summed E-state index contributed by atoms with van der Waals surface area (Å²) in [5, 5.41) is 3.68. The molecule has 1 aliphatic heterocycles. The molecule has 0 aromatic rings. The fourth-order valence-electron chi connectivity index (χ4n) is 2.49. The lowest BCUT2D eigenvalue weighted by Crippen LogP contribution is -2.56. The van der Waals surface area contributed by atoms with Gasteiger partial charge < -0.3 is 5.32 Å². The van der Waals surface area contributed by atoms with Gasteiger partial charge >= 0.3 is 0 Å². The smallest absolute Gasteiger partial charge is 0.0167 e. The Labute approximate surface area is 82.6 Å². The minimum atomic E-state index is 0.258. The Kier molecular flexibility index (Phi) is 2.59. The van der Waals surface area contributed by atoms with E-state index in [9.17, 15) is 0 Å². The average Bonchev–Trinajstić information content (AvgIpc) is 1.79. The molecular weight excluding hydrogens is 158 g/mol. The van der Waals surface area contributed by atoms with Gasteiger partial charge in [0, 0.05) is 11.1 Å². The molecule has 0 radical (unpaired) electrons. The molecule has 0 amide bonds. The largest absolute Gasteiger partial charge is 0.306 e. The maximum Gasteiger partial charge on any atom is 0.0167 e. The third kappa shape index (κ3) is 2.84. The predicted molar refractivity (Wildman–Crippen MR) is 58.9 cm³/mol. The SMILES string of the molecule is CC(C)=C1CC(C)(C)NC(C)(C)C1. The second kappa shape index (κ2) is 3.13. The molecule has 13 heavy (non-hydrogen) atoms. The molecule has 1 heterocycles. The summed E-state index contributed by atoms with van der Waals surface area (Å²) in [7, 11) is 0. The van der Waals surface area contributed by atoms with Crippen molar-refractivity contribution in [1.82, 2.24) is 5.32 Å². The number of hydrogen-bond donors (Lipinski definition) is 1. The van der Waals surface area contributed by atoms with Crippen LogP contribution in [-0.2, 0) is 0 Å². The van der Waals surface area contributed by atoms with Gasteiger partial charge in [0.25, 0.3) is 0 Å². The molecule has 0 aromatic carbocycles. The molecule has 0 unspecified atom stereocenters. The molecule has 0 aliphatic carbocycles. The summed E-state index contributed by atoms with van der Waals surface area (Å²) in [6, 6.07) is 0. The third-order valence-corrected chi connectivity index (χ3v) is 2.69. The molecule has 0 spiro atoms.